The Labute approximate surface area is 154 Å². The van der Waals surface area contributed by atoms with Crippen molar-refractivity contribution < 1.29 is 9.53 Å². The molecule has 0 aliphatic rings. The molecular weight excluding hydrogens is 328 g/mol. The van der Waals surface area contributed by atoms with Crippen molar-refractivity contribution >= 4 is 11.9 Å². The first kappa shape index (κ1) is 19.3. The summed E-state index contributed by atoms with van der Waals surface area (Å²) in [6, 6.07) is 17.7. The fourth-order valence-electron chi connectivity index (χ4n) is 2.48. The number of amides is 1. The van der Waals surface area contributed by atoms with Crippen LogP contribution in [0.4, 0.5) is 0 Å². The van der Waals surface area contributed by atoms with Crippen molar-refractivity contribution in [2.45, 2.75) is 13.1 Å². The van der Waals surface area contributed by atoms with E-state index in [1.165, 1.54) is 5.56 Å². The Morgan fingerprint density at radius 1 is 1.04 bits per heavy atom. The van der Waals surface area contributed by atoms with Crippen molar-refractivity contribution in [2.75, 3.05) is 27.7 Å². The number of hydrogen-bond donors (Lipinski definition) is 2. The zero-order valence-corrected chi connectivity index (χ0v) is 15.5. The topological polar surface area (TPSA) is 66.0 Å². The van der Waals surface area contributed by atoms with E-state index in [2.05, 4.69) is 27.8 Å². The Kier molecular flexibility index (Phi) is 7.49. The first-order valence-electron chi connectivity index (χ1n) is 8.47. The fourth-order valence-corrected chi connectivity index (χ4v) is 2.48. The predicted molar refractivity (Wildman–Crippen MR) is 104 cm³/mol. The summed E-state index contributed by atoms with van der Waals surface area (Å²) in [5.74, 6) is 1.38. The van der Waals surface area contributed by atoms with E-state index in [0.29, 0.717) is 19.0 Å². The van der Waals surface area contributed by atoms with E-state index in [-0.39, 0.29) is 12.5 Å². The molecular formula is C20H26N4O2. The van der Waals surface area contributed by atoms with E-state index < -0.39 is 0 Å². The van der Waals surface area contributed by atoms with E-state index in [4.69, 9.17) is 4.74 Å². The number of carbonyl (C=O) groups is 1. The van der Waals surface area contributed by atoms with Crippen LogP contribution in [0.5, 0.6) is 5.75 Å². The van der Waals surface area contributed by atoms with E-state index >= 15 is 0 Å². The van der Waals surface area contributed by atoms with Crippen LogP contribution in [0.1, 0.15) is 11.1 Å². The second-order valence-electron chi connectivity index (χ2n) is 5.87. The van der Waals surface area contributed by atoms with Crippen LogP contribution in [0, 0.1) is 0 Å². The number of ether oxygens (including phenoxy) is 1. The van der Waals surface area contributed by atoms with Gasteiger partial charge >= 0.3 is 0 Å². The van der Waals surface area contributed by atoms with Gasteiger partial charge in [-0.15, -0.1) is 0 Å². The van der Waals surface area contributed by atoms with Gasteiger partial charge < -0.3 is 20.3 Å². The van der Waals surface area contributed by atoms with Crippen LogP contribution in [0.3, 0.4) is 0 Å². The maximum Gasteiger partial charge on any atom is 0.239 e. The van der Waals surface area contributed by atoms with Gasteiger partial charge in [0.25, 0.3) is 0 Å². The summed E-state index contributed by atoms with van der Waals surface area (Å²) in [5, 5.41) is 5.98. The molecule has 1 amide bonds. The second kappa shape index (κ2) is 10.1. The minimum atomic E-state index is -0.0879. The third kappa shape index (κ3) is 6.12. The van der Waals surface area contributed by atoms with E-state index in [9.17, 15) is 4.79 Å². The largest absolute Gasteiger partial charge is 0.497 e. The second-order valence-corrected chi connectivity index (χ2v) is 5.87. The summed E-state index contributed by atoms with van der Waals surface area (Å²) in [5.41, 5.74) is 2.20. The predicted octanol–water partition coefficient (Wildman–Crippen LogP) is 2.02. The number of guanidine groups is 1. The molecule has 6 nitrogen and oxygen atoms in total. The lowest BCUT2D eigenvalue weighted by Crippen LogP contribution is -2.43. The van der Waals surface area contributed by atoms with Crippen molar-refractivity contribution in [1.82, 2.24) is 15.5 Å². The Morgan fingerprint density at radius 2 is 1.73 bits per heavy atom. The van der Waals surface area contributed by atoms with Crippen LogP contribution in [0.15, 0.2) is 59.6 Å². The Bertz CT molecular complexity index is 714. The lowest BCUT2D eigenvalue weighted by molar-refractivity contribution is -0.120. The zero-order chi connectivity index (χ0) is 18.8. The lowest BCUT2D eigenvalue weighted by atomic mass is 10.2. The SMILES string of the molecule is CN=C(NCC(=O)NCc1ccc(OC)cc1)N(C)Cc1ccccc1. The summed E-state index contributed by atoms with van der Waals surface area (Å²) in [7, 11) is 5.28. The molecule has 0 bridgehead atoms. The molecule has 0 atom stereocenters. The number of carbonyl (C=O) groups excluding carboxylic acids is 1. The quantitative estimate of drug-likeness (QED) is 0.590. The van der Waals surface area contributed by atoms with Gasteiger partial charge in [-0.25, -0.2) is 0 Å². The highest BCUT2D eigenvalue weighted by molar-refractivity contribution is 5.86. The monoisotopic (exact) mass is 354 g/mol. The van der Waals surface area contributed by atoms with Gasteiger partial charge in [0.15, 0.2) is 5.96 Å². The number of benzene rings is 2. The Morgan fingerprint density at radius 3 is 2.35 bits per heavy atom. The lowest BCUT2D eigenvalue weighted by Gasteiger charge is -2.22. The van der Waals surface area contributed by atoms with Gasteiger partial charge in [-0.3, -0.25) is 9.79 Å². The number of aliphatic imine (C=N–C) groups is 1. The Balaban J connectivity index is 1.77. The first-order valence-corrected chi connectivity index (χ1v) is 8.47. The molecule has 0 spiro atoms. The van der Waals surface area contributed by atoms with E-state index in [0.717, 1.165) is 11.3 Å². The highest BCUT2D eigenvalue weighted by Gasteiger charge is 2.08. The number of rotatable bonds is 7. The summed E-state index contributed by atoms with van der Waals surface area (Å²) in [4.78, 5) is 18.3. The molecule has 0 aliphatic heterocycles. The summed E-state index contributed by atoms with van der Waals surface area (Å²) >= 11 is 0. The van der Waals surface area contributed by atoms with Gasteiger partial charge in [0.1, 0.15) is 5.75 Å². The van der Waals surface area contributed by atoms with Gasteiger partial charge in [0, 0.05) is 27.2 Å². The maximum atomic E-state index is 12.1. The average molecular weight is 354 g/mol. The third-order valence-electron chi connectivity index (χ3n) is 3.89. The van der Waals surface area contributed by atoms with E-state index in [1.807, 2.05) is 54.4 Å². The number of hydrogen-bond acceptors (Lipinski definition) is 3. The molecule has 0 saturated heterocycles. The smallest absolute Gasteiger partial charge is 0.239 e. The van der Waals surface area contributed by atoms with Gasteiger partial charge in [-0.05, 0) is 23.3 Å². The summed E-state index contributed by atoms with van der Waals surface area (Å²) < 4.78 is 5.12. The molecule has 0 aromatic heterocycles. The van der Waals surface area contributed by atoms with Crippen molar-refractivity contribution in [3.8, 4) is 5.75 Å². The van der Waals surface area contributed by atoms with Crippen molar-refractivity contribution in [3.63, 3.8) is 0 Å². The Hall–Kier alpha value is -3.02. The molecule has 0 radical (unpaired) electrons. The molecule has 6 heteroatoms. The van der Waals surface area contributed by atoms with Crippen molar-refractivity contribution in [3.05, 3.63) is 65.7 Å². The first-order chi connectivity index (χ1) is 12.6. The number of nitrogens with zero attached hydrogens (tertiary/aromatic N) is 2. The third-order valence-corrected chi connectivity index (χ3v) is 3.89. The highest BCUT2D eigenvalue weighted by Crippen LogP contribution is 2.10. The fraction of sp³-hybridized carbons (Fsp3) is 0.300. The molecule has 2 aromatic carbocycles. The standard InChI is InChI=1S/C20H26N4O2/c1-21-20(24(2)15-17-7-5-4-6-8-17)23-14-19(25)22-13-16-9-11-18(26-3)12-10-16/h4-12H,13-15H2,1-3H3,(H,21,23)(H,22,25). The molecule has 0 aliphatic carbocycles. The average Bonchev–Trinajstić information content (AvgIpc) is 2.68. The highest BCUT2D eigenvalue weighted by atomic mass is 16.5. The molecule has 138 valence electrons. The van der Waals surface area contributed by atoms with Crippen LogP contribution < -0.4 is 15.4 Å². The van der Waals surface area contributed by atoms with Crippen LogP contribution in [0.25, 0.3) is 0 Å². The van der Waals surface area contributed by atoms with Crippen LogP contribution >= 0.6 is 0 Å². The molecule has 2 aromatic rings. The van der Waals surface area contributed by atoms with Crippen molar-refractivity contribution in [1.29, 1.82) is 0 Å². The van der Waals surface area contributed by atoms with Gasteiger partial charge in [-0.2, -0.15) is 0 Å². The minimum absolute atomic E-state index is 0.0879. The molecule has 26 heavy (non-hydrogen) atoms. The van der Waals surface area contributed by atoms with Crippen LogP contribution in [0.2, 0.25) is 0 Å². The molecule has 2 N–H and O–H groups in total. The van der Waals surface area contributed by atoms with Gasteiger partial charge in [0.05, 0.1) is 13.7 Å². The van der Waals surface area contributed by atoms with Crippen LogP contribution in [-0.4, -0.2) is 44.5 Å². The normalized spacial score (nSPS) is 11.0. The summed E-state index contributed by atoms with van der Waals surface area (Å²) in [6.45, 7) is 1.36. The van der Waals surface area contributed by atoms with Crippen molar-refractivity contribution in [2.24, 2.45) is 4.99 Å². The molecule has 2 rings (SSSR count). The van der Waals surface area contributed by atoms with Gasteiger partial charge in [-0.1, -0.05) is 42.5 Å². The number of methoxy groups -OCH3 is 1. The zero-order valence-electron chi connectivity index (χ0n) is 15.5. The molecule has 0 saturated carbocycles. The van der Waals surface area contributed by atoms with Gasteiger partial charge in [0.2, 0.25) is 5.91 Å². The van der Waals surface area contributed by atoms with Crippen LogP contribution in [-0.2, 0) is 17.9 Å². The molecule has 0 unspecified atom stereocenters. The molecule has 0 fully saturated rings. The maximum absolute atomic E-state index is 12.1. The minimum Gasteiger partial charge on any atom is -0.497 e. The molecule has 0 heterocycles. The summed E-state index contributed by atoms with van der Waals surface area (Å²) in [6.07, 6.45) is 0. The van der Waals surface area contributed by atoms with E-state index in [1.54, 1.807) is 14.2 Å². The number of nitrogens with one attached hydrogen (secondary N) is 2.